The predicted molar refractivity (Wildman–Crippen MR) is 121 cm³/mol. The van der Waals surface area contributed by atoms with Gasteiger partial charge in [-0.2, -0.15) is 13.2 Å². The number of benzene rings is 1. The molecule has 0 saturated carbocycles. The van der Waals surface area contributed by atoms with Gasteiger partial charge in [0, 0.05) is 26.7 Å². The maximum absolute atomic E-state index is 12.1. The highest BCUT2D eigenvalue weighted by molar-refractivity contribution is 14.0. The zero-order valence-corrected chi connectivity index (χ0v) is 19.4. The summed E-state index contributed by atoms with van der Waals surface area (Å²) in [6, 6.07) is 7.31. The molecule has 5 nitrogen and oxygen atoms in total. The molecule has 1 saturated heterocycles. The molecule has 0 bridgehead atoms. The van der Waals surface area contributed by atoms with Gasteiger partial charge in [-0.25, -0.2) is 0 Å². The van der Waals surface area contributed by atoms with Crippen molar-refractivity contribution in [2.45, 2.75) is 39.1 Å². The summed E-state index contributed by atoms with van der Waals surface area (Å²) in [5.41, 5.74) is 1.74. The van der Waals surface area contributed by atoms with Gasteiger partial charge in [0.05, 0.1) is 6.61 Å². The number of rotatable bonds is 8. The largest absolute Gasteiger partial charge is 0.411 e. The summed E-state index contributed by atoms with van der Waals surface area (Å²) >= 11 is 0. The normalized spacial score (nSPS) is 16.4. The van der Waals surface area contributed by atoms with Gasteiger partial charge < -0.3 is 20.3 Å². The van der Waals surface area contributed by atoms with Gasteiger partial charge in [-0.05, 0) is 43.0 Å². The van der Waals surface area contributed by atoms with E-state index in [1.807, 2.05) is 12.1 Å². The Morgan fingerprint density at radius 1 is 1.14 bits per heavy atom. The van der Waals surface area contributed by atoms with E-state index in [-0.39, 0.29) is 30.6 Å². The lowest BCUT2D eigenvalue weighted by Crippen LogP contribution is -2.43. The summed E-state index contributed by atoms with van der Waals surface area (Å²) in [5, 5.41) is 6.58. The number of likely N-dealkylation sites (tertiary alicyclic amines) is 1. The first-order valence-corrected chi connectivity index (χ1v) is 9.75. The summed E-state index contributed by atoms with van der Waals surface area (Å²) in [4.78, 5) is 6.70. The number of hydrogen-bond acceptors (Lipinski definition) is 3. The highest BCUT2D eigenvalue weighted by atomic mass is 127. The molecule has 2 N–H and O–H groups in total. The number of ether oxygens (including phenoxy) is 1. The highest BCUT2D eigenvalue weighted by Crippen LogP contribution is 2.16. The van der Waals surface area contributed by atoms with E-state index in [0.717, 1.165) is 43.6 Å². The average molecular weight is 528 g/mol. The zero-order valence-electron chi connectivity index (χ0n) is 17.1. The van der Waals surface area contributed by atoms with Gasteiger partial charge >= 0.3 is 6.18 Å². The Morgan fingerprint density at radius 3 is 2.34 bits per heavy atom. The monoisotopic (exact) mass is 528 g/mol. The minimum absolute atomic E-state index is 0. The van der Waals surface area contributed by atoms with Crippen LogP contribution in [0.5, 0.6) is 0 Å². The molecule has 1 heterocycles. The van der Waals surface area contributed by atoms with Crippen molar-refractivity contribution in [2.24, 2.45) is 10.9 Å². The maximum Gasteiger partial charge on any atom is 0.411 e. The molecule has 1 aromatic carbocycles. The van der Waals surface area contributed by atoms with E-state index in [1.54, 1.807) is 19.2 Å². The van der Waals surface area contributed by atoms with Crippen molar-refractivity contribution in [3.05, 3.63) is 35.4 Å². The number of hydrogen-bond donors (Lipinski definition) is 2. The van der Waals surface area contributed by atoms with Crippen LogP contribution in [0.15, 0.2) is 29.3 Å². The molecule has 0 spiro atoms. The smallest absolute Gasteiger partial charge is 0.367 e. The summed E-state index contributed by atoms with van der Waals surface area (Å²) in [7, 11) is 1.74. The second kappa shape index (κ2) is 13.3. The third-order valence-electron chi connectivity index (χ3n) is 4.84. The molecule has 0 amide bonds. The third-order valence-corrected chi connectivity index (χ3v) is 4.84. The zero-order chi connectivity index (χ0) is 20.4. The number of guanidine groups is 1. The van der Waals surface area contributed by atoms with Gasteiger partial charge in [0.25, 0.3) is 0 Å². The first kappa shape index (κ1) is 26.0. The molecular formula is C20H32F3IN4O. The second-order valence-corrected chi connectivity index (χ2v) is 7.30. The lowest BCUT2D eigenvalue weighted by molar-refractivity contribution is -0.176. The Labute approximate surface area is 188 Å². The van der Waals surface area contributed by atoms with Crippen molar-refractivity contribution >= 4 is 29.9 Å². The van der Waals surface area contributed by atoms with Crippen molar-refractivity contribution in [2.75, 3.05) is 39.8 Å². The Morgan fingerprint density at radius 2 is 1.76 bits per heavy atom. The lowest BCUT2D eigenvalue weighted by atomic mass is 9.99. The topological polar surface area (TPSA) is 48.9 Å². The Hall–Kier alpha value is -1.07. The van der Waals surface area contributed by atoms with E-state index < -0.39 is 12.8 Å². The van der Waals surface area contributed by atoms with E-state index in [1.165, 1.54) is 12.8 Å². The molecule has 1 fully saturated rings. The van der Waals surface area contributed by atoms with Crippen LogP contribution in [0, 0.1) is 5.92 Å². The van der Waals surface area contributed by atoms with Crippen LogP contribution in [0.3, 0.4) is 0 Å². The number of piperidine rings is 1. The number of nitrogens with one attached hydrogen (secondary N) is 2. The van der Waals surface area contributed by atoms with Crippen LogP contribution in [0.25, 0.3) is 0 Å². The molecule has 1 aliphatic heterocycles. The van der Waals surface area contributed by atoms with Crippen LogP contribution in [-0.2, 0) is 17.9 Å². The van der Waals surface area contributed by atoms with Crippen LogP contribution in [0.4, 0.5) is 13.2 Å². The molecule has 0 atom stereocenters. The molecular weight excluding hydrogens is 496 g/mol. The number of alkyl halides is 3. The van der Waals surface area contributed by atoms with E-state index in [9.17, 15) is 13.2 Å². The van der Waals surface area contributed by atoms with E-state index in [2.05, 4.69) is 32.2 Å². The summed E-state index contributed by atoms with van der Waals surface area (Å²) in [6.07, 6.45) is -1.76. The van der Waals surface area contributed by atoms with Gasteiger partial charge in [0.2, 0.25) is 0 Å². The van der Waals surface area contributed by atoms with E-state index in [0.29, 0.717) is 12.1 Å². The summed E-state index contributed by atoms with van der Waals surface area (Å²) in [5.74, 6) is 1.57. The van der Waals surface area contributed by atoms with Crippen molar-refractivity contribution in [3.63, 3.8) is 0 Å². The van der Waals surface area contributed by atoms with Gasteiger partial charge in [0.1, 0.15) is 6.61 Å². The Bertz CT molecular complexity index is 603. The first-order chi connectivity index (χ1) is 13.4. The van der Waals surface area contributed by atoms with Crippen LogP contribution in [0.1, 0.15) is 30.9 Å². The van der Waals surface area contributed by atoms with Crippen molar-refractivity contribution < 1.29 is 17.9 Å². The van der Waals surface area contributed by atoms with Crippen LogP contribution >= 0.6 is 24.0 Å². The summed E-state index contributed by atoms with van der Waals surface area (Å²) < 4.78 is 40.9. The molecule has 0 aliphatic carbocycles. The minimum atomic E-state index is -4.29. The lowest BCUT2D eigenvalue weighted by Gasteiger charge is -2.30. The van der Waals surface area contributed by atoms with Crippen LogP contribution in [-0.4, -0.2) is 56.9 Å². The molecule has 0 unspecified atom stereocenters. The van der Waals surface area contributed by atoms with Crippen LogP contribution in [0.2, 0.25) is 0 Å². The number of halogens is 4. The van der Waals surface area contributed by atoms with Gasteiger partial charge in [-0.3, -0.25) is 4.99 Å². The fraction of sp³-hybridized carbons (Fsp3) is 0.650. The molecule has 1 aromatic rings. The first-order valence-electron chi connectivity index (χ1n) is 9.75. The Kier molecular flexibility index (Phi) is 11.9. The fourth-order valence-electron chi connectivity index (χ4n) is 3.06. The van der Waals surface area contributed by atoms with Crippen molar-refractivity contribution in [1.29, 1.82) is 0 Å². The molecule has 2 rings (SSSR count). The highest BCUT2D eigenvalue weighted by Gasteiger charge is 2.27. The van der Waals surface area contributed by atoms with Crippen LogP contribution < -0.4 is 10.6 Å². The molecule has 29 heavy (non-hydrogen) atoms. The molecule has 0 radical (unpaired) electrons. The van der Waals surface area contributed by atoms with E-state index in [4.69, 9.17) is 0 Å². The quantitative estimate of drug-likeness (QED) is 0.307. The molecule has 9 heteroatoms. The fourth-order valence-corrected chi connectivity index (χ4v) is 3.06. The number of aliphatic imine (C=N–C) groups is 1. The Balaban J connectivity index is 0.00000420. The molecule has 166 valence electrons. The predicted octanol–water partition coefficient (Wildman–Crippen LogP) is 3.78. The van der Waals surface area contributed by atoms with Gasteiger partial charge in [-0.1, -0.05) is 31.2 Å². The molecule has 1 aliphatic rings. The van der Waals surface area contributed by atoms with E-state index >= 15 is 0 Å². The van der Waals surface area contributed by atoms with Crippen molar-refractivity contribution in [1.82, 2.24) is 15.5 Å². The standard InChI is InChI=1S/C20H31F3N4O.HI/c1-16-7-10-27(11-8-16)12-9-25-19(24-2)26-13-17-3-5-18(6-4-17)14-28-15-20(21,22)23;/h3-6,16H,7-15H2,1-2H3,(H2,24,25,26);1H. The average Bonchev–Trinajstić information content (AvgIpc) is 2.66. The van der Waals surface area contributed by atoms with Gasteiger partial charge in [0.15, 0.2) is 5.96 Å². The third kappa shape index (κ3) is 11.0. The molecule has 0 aromatic heterocycles. The SMILES string of the molecule is CN=C(NCCN1CCC(C)CC1)NCc1ccc(COCC(F)(F)F)cc1.I. The second-order valence-electron chi connectivity index (χ2n) is 7.30. The minimum Gasteiger partial charge on any atom is -0.367 e. The summed E-state index contributed by atoms with van der Waals surface area (Å²) in [6.45, 7) is 5.78. The van der Waals surface area contributed by atoms with Crippen molar-refractivity contribution in [3.8, 4) is 0 Å². The van der Waals surface area contributed by atoms with Gasteiger partial charge in [-0.15, -0.1) is 24.0 Å². The maximum atomic E-state index is 12.1. The number of nitrogens with zero attached hydrogens (tertiary/aromatic N) is 2.